The van der Waals surface area contributed by atoms with Crippen LogP contribution >= 0.6 is 11.6 Å². The summed E-state index contributed by atoms with van der Waals surface area (Å²) in [6.07, 6.45) is 2.21. The Morgan fingerprint density at radius 2 is 1.17 bits per heavy atom. The molecule has 1 N–H and O–H groups in total. The summed E-state index contributed by atoms with van der Waals surface area (Å²) >= 11 is 7.41. The molecule has 0 aliphatic rings. The molecule has 0 heterocycles. The number of rotatable bonds is 5. The molecule has 3 aromatic rings. The summed E-state index contributed by atoms with van der Waals surface area (Å²) in [6.45, 7) is 24.6. The Morgan fingerprint density at radius 3 is 1.63 bits per heavy atom. The van der Waals surface area contributed by atoms with Crippen LogP contribution in [0.2, 0.25) is 5.02 Å². The van der Waals surface area contributed by atoms with Crippen LogP contribution in [0, 0.1) is 40.2 Å². The molecule has 0 fully saturated rings. The first-order valence-electron chi connectivity index (χ1n) is 9.04. The number of para-hydroxylation sites is 1. The number of nitrogens with one attached hydrogen (secondary N) is 1. The van der Waals surface area contributed by atoms with E-state index in [0.717, 1.165) is 16.3 Å². The van der Waals surface area contributed by atoms with Crippen LogP contribution in [0.15, 0.2) is 78.9 Å². The molecule has 0 radical (unpaired) electrons. The number of anilines is 1. The van der Waals surface area contributed by atoms with Crippen LogP contribution in [0.1, 0.15) is 16.7 Å². The van der Waals surface area contributed by atoms with Crippen molar-refractivity contribution in [1.82, 2.24) is 0 Å². The van der Waals surface area contributed by atoms with E-state index in [2.05, 4.69) is 88.0 Å². The third-order valence-corrected chi connectivity index (χ3v) is 5.23. The molecule has 0 aliphatic carbocycles. The first kappa shape index (κ1) is 36.3. The van der Waals surface area contributed by atoms with Crippen LogP contribution in [-0.4, -0.2) is 4.02 Å². The number of halogens is 1. The van der Waals surface area contributed by atoms with Gasteiger partial charge in [0.2, 0.25) is 0 Å². The van der Waals surface area contributed by atoms with Gasteiger partial charge in [-0.1, -0.05) is 0 Å². The van der Waals surface area contributed by atoms with Crippen LogP contribution in [0.3, 0.4) is 0 Å². The van der Waals surface area contributed by atoms with Crippen LogP contribution < -0.4 is 5.32 Å². The molecule has 0 unspecified atom stereocenters. The van der Waals surface area contributed by atoms with Gasteiger partial charge in [0.05, 0.1) is 0 Å². The molecule has 0 bridgehead atoms. The van der Waals surface area contributed by atoms with E-state index < -0.39 is 0 Å². The minimum absolute atomic E-state index is 0.753. The summed E-state index contributed by atoms with van der Waals surface area (Å²) in [5.41, 5.74) is 5.89. The maximum atomic E-state index is 7.50. The molecular formula is C27H18ClNO5W. The Kier molecular flexibility index (Phi) is 26.3. The van der Waals surface area contributed by atoms with Gasteiger partial charge in [0.15, 0.2) is 0 Å². The fraction of sp³-hybridized carbons (Fsp3) is 0.0370. The molecule has 0 saturated heterocycles. The third-order valence-electron chi connectivity index (χ3n) is 3.82. The molecule has 174 valence electrons. The molecule has 6 nitrogen and oxygen atoms in total. The topological polar surface area (TPSA) is 112 Å². The van der Waals surface area contributed by atoms with E-state index >= 15 is 0 Å². The van der Waals surface area contributed by atoms with Gasteiger partial charge in [-0.2, -0.15) is 0 Å². The van der Waals surface area contributed by atoms with Gasteiger partial charge in [-0.15, -0.1) is 0 Å². The van der Waals surface area contributed by atoms with Gasteiger partial charge in [-0.05, 0) is 0 Å². The summed E-state index contributed by atoms with van der Waals surface area (Å²) in [6, 6.07) is 26.8. The quantitative estimate of drug-likeness (QED) is 0.210. The number of hydrogen-bond donors (Lipinski definition) is 1. The van der Waals surface area contributed by atoms with E-state index in [4.69, 9.17) is 34.9 Å². The molecule has 0 aliphatic heterocycles. The van der Waals surface area contributed by atoms with Crippen LogP contribution in [0.5, 0.6) is 0 Å². The maximum absolute atomic E-state index is 7.50. The van der Waals surface area contributed by atoms with Crippen molar-refractivity contribution in [3.63, 3.8) is 0 Å². The first-order valence-corrected chi connectivity index (χ1v) is 10.9. The van der Waals surface area contributed by atoms with Gasteiger partial charge in [0.1, 0.15) is 0 Å². The van der Waals surface area contributed by atoms with Crippen molar-refractivity contribution in [3.8, 4) is 0 Å². The van der Waals surface area contributed by atoms with Crippen molar-refractivity contribution in [1.29, 1.82) is 0 Å². The molecular weight excluding hydrogens is 638 g/mol. The van der Waals surface area contributed by atoms with Crippen LogP contribution in [0.25, 0.3) is 11.6 Å². The van der Waals surface area contributed by atoms with Crippen LogP contribution in [-0.2, 0) is 42.6 Å². The molecule has 8 heteroatoms. The third kappa shape index (κ3) is 15.3. The van der Waals surface area contributed by atoms with E-state index in [9.17, 15) is 0 Å². The first-order chi connectivity index (χ1) is 17.1. The Morgan fingerprint density at radius 1 is 0.714 bits per heavy atom. The summed E-state index contributed by atoms with van der Waals surface area (Å²) in [7, 11) is 0. The average molecular weight is 656 g/mol. The van der Waals surface area contributed by atoms with Gasteiger partial charge in [-0.3, -0.25) is 0 Å². The Bertz CT molecular complexity index is 1080. The second-order valence-electron chi connectivity index (χ2n) is 5.80. The zero-order valence-corrected chi connectivity index (χ0v) is 22.1. The molecule has 35 heavy (non-hydrogen) atoms. The SMILES string of the molecule is Cc1ccc(/C(=C\c2ccc(Cl)cc2)[C](=[W])Nc2ccccc2)cc1.[C-]#[O+].[C-]#[O+].[C-]#[O+].[C-]#[O+].[C-]#[O+]. The van der Waals surface area contributed by atoms with Gasteiger partial charge in [0, 0.05) is 0 Å². The fourth-order valence-electron chi connectivity index (χ4n) is 2.46. The number of aryl methyl sites for hydroxylation is 1. The Balaban J connectivity index is -0.000000912. The molecule has 3 rings (SSSR count). The van der Waals surface area contributed by atoms with E-state index in [1.165, 1.54) is 40.1 Å². The summed E-state index contributed by atoms with van der Waals surface area (Å²) in [4.78, 5) is 0. The van der Waals surface area contributed by atoms with E-state index in [0.29, 0.717) is 0 Å². The van der Waals surface area contributed by atoms with E-state index in [1.54, 1.807) is 0 Å². The second kappa shape index (κ2) is 25.4. The fourth-order valence-corrected chi connectivity index (χ4v) is 3.64. The molecule has 3 aromatic carbocycles. The van der Waals surface area contributed by atoms with Crippen molar-refractivity contribution in [2.24, 2.45) is 0 Å². The summed E-state index contributed by atoms with van der Waals surface area (Å²) < 4.78 is 38.7. The van der Waals surface area contributed by atoms with Gasteiger partial charge in [0.25, 0.3) is 0 Å². The van der Waals surface area contributed by atoms with Crippen molar-refractivity contribution in [2.45, 2.75) is 6.92 Å². The molecule has 0 atom stereocenters. The van der Waals surface area contributed by atoms with Crippen molar-refractivity contribution in [3.05, 3.63) is 134 Å². The predicted octanol–water partition coefficient (Wildman–Crippen LogP) is 5.79. The number of hydrogen-bond acceptors (Lipinski definition) is 1. The van der Waals surface area contributed by atoms with Gasteiger partial charge >= 0.3 is 222 Å². The molecule has 0 amide bonds. The molecule has 0 saturated carbocycles. The van der Waals surface area contributed by atoms with Crippen molar-refractivity contribution < 1.29 is 42.6 Å². The second-order valence-corrected chi connectivity index (χ2v) is 7.70. The molecule has 0 aromatic heterocycles. The summed E-state index contributed by atoms with van der Waals surface area (Å²) in [5.74, 6) is 0. The summed E-state index contributed by atoms with van der Waals surface area (Å²) in [5, 5.41) is 4.30. The van der Waals surface area contributed by atoms with Crippen molar-refractivity contribution >= 4 is 33.0 Å². The van der Waals surface area contributed by atoms with Gasteiger partial charge in [-0.25, -0.2) is 0 Å². The zero-order valence-electron chi connectivity index (χ0n) is 18.4. The van der Waals surface area contributed by atoms with Crippen LogP contribution in [0.4, 0.5) is 5.69 Å². The minimum atomic E-state index is 0.753. The standard InChI is InChI=1S/C22H18ClN.5CO.W/c1-17-7-11-19(12-8-17)20(15-18-9-13-21(23)14-10-18)16-24-22-5-3-2-4-6-22;5*1-2;/h2-15,24H,1H3;;;;;;/b20-15-;;;;;;. The predicted molar refractivity (Wildman–Crippen MR) is 125 cm³/mol. The number of benzene rings is 3. The normalized spacial score (nSPS) is 8.29. The Hall–Kier alpha value is -3.25. The van der Waals surface area contributed by atoms with Gasteiger partial charge < -0.3 is 0 Å². The monoisotopic (exact) mass is 655 g/mol. The van der Waals surface area contributed by atoms with Crippen molar-refractivity contribution in [2.75, 3.05) is 5.32 Å². The Labute approximate surface area is 221 Å². The average Bonchev–Trinajstić information content (AvgIpc) is 2.95. The van der Waals surface area contributed by atoms with E-state index in [1.807, 2.05) is 42.5 Å². The zero-order chi connectivity index (χ0) is 27.6. The van der Waals surface area contributed by atoms with E-state index in [-0.39, 0.29) is 0 Å². The molecule has 0 spiro atoms.